The first-order valence-electron chi connectivity index (χ1n) is 10.1. The zero-order valence-corrected chi connectivity index (χ0v) is 21.1. The lowest BCUT2D eigenvalue weighted by Crippen LogP contribution is -2.52. The molecule has 0 amide bonds. The Hall–Kier alpha value is -1.81. The van der Waals surface area contributed by atoms with Crippen LogP contribution in [-0.4, -0.2) is 43.3 Å². The molecule has 0 aromatic carbocycles. The Balaban J connectivity index is 3.23. The van der Waals surface area contributed by atoms with Gasteiger partial charge < -0.3 is 13.3 Å². The molecule has 1 aliphatic carbocycles. The van der Waals surface area contributed by atoms with Crippen LogP contribution in [0.1, 0.15) is 19.3 Å². The van der Waals surface area contributed by atoms with Gasteiger partial charge in [0.25, 0.3) is 25.0 Å². The fourth-order valence-corrected chi connectivity index (χ4v) is 8.15. The van der Waals surface area contributed by atoms with E-state index in [0.29, 0.717) is 6.42 Å². The first kappa shape index (κ1) is 26.2. The molecule has 162 valence electrons. The molecule has 6 heteroatoms. The van der Waals surface area contributed by atoms with E-state index in [1.54, 1.807) is 0 Å². The lowest BCUT2D eigenvalue weighted by Gasteiger charge is -2.43. The molecule has 3 atom stereocenters. The van der Waals surface area contributed by atoms with Crippen LogP contribution in [-0.2, 0) is 13.3 Å². The molecule has 30 heavy (non-hydrogen) atoms. The Morgan fingerprint density at radius 2 is 0.800 bits per heavy atom. The van der Waals surface area contributed by atoms with Gasteiger partial charge in [0.05, 0.1) is 12.2 Å². The van der Waals surface area contributed by atoms with Crippen molar-refractivity contribution < 1.29 is 13.3 Å². The van der Waals surface area contributed by atoms with Gasteiger partial charge in [-0.25, -0.2) is 0 Å². The number of hydrogen-bond acceptors (Lipinski definition) is 3. The third kappa shape index (κ3) is 5.87. The maximum absolute atomic E-state index is 6.60. The minimum atomic E-state index is -2.52. The van der Waals surface area contributed by atoms with Gasteiger partial charge in [-0.3, -0.25) is 0 Å². The molecule has 1 fully saturated rings. The second-order valence-electron chi connectivity index (χ2n) is 7.26. The van der Waals surface area contributed by atoms with Gasteiger partial charge in [-0.15, -0.1) is 59.2 Å². The molecule has 0 aromatic rings. The molecule has 0 saturated heterocycles. The van der Waals surface area contributed by atoms with E-state index in [1.165, 1.54) is 0 Å². The Morgan fingerprint density at radius 3 is 1.17 bits per heavy atom. The van der Waals surface area contributed by atoms with Crippen LogP contribution in [0.2, 0.25) is 0 Å². The summed E-state index contributed by atoms with van der Waals surface area (Å²) in [6.07, 6.45) is 1.87. The normalized spacial score (nSPS) is 22.2. The zero-order valence-electron chi connectivity index (χ0n) is 18.1. The van der Waals surface area contributed by atoms with Gasteiger partial charge in [0, 0.05) is 6.10 Å². The van der Waals surface area contributed by atoms with Crippen molar-refractivity contribution in [1.29, 1.82) is 0 Å². The lowest BCUT2D eigenvalue weighted by molar-refractivity contribution is -0.0226. The summed E-state index contributed by atoms with van der Waals surface area (Å²) in [5.41, 5.74) is 16.5. The van der Waals surface area contributed by atoms with E-state index >= 15 is 0 Å². The van der Waals surface area contributed by atoms with Gasteiger partial charge in [0.15, 0.2) is 0 Å². The number of rotatable bonds is 15. The van der Waals surface area contributed by atoms with Crippen LogP contribution in [0.15, 0.2) is 111 Å². The Kier molecular flexibility index (Phi) is 10.1. The van der Waals surface area contributed by atoms with E-state index in [1.807, 2.05) is 51.3 Å². The van der Waals surface area contributed by atoms with E-state index in [2.05, 4.69) is 59.2 Å². The van der Waals surface area contributed by atoms with E-state index in [-0.39, 0.29) is 18.3 Å². The second-order valence-corrected chi connectivity index (χ2v) is 16.8. The summed E-state index contributed by atoms with van der Waals surface area (Å²) in [5.74, 6) is 0. The van der Waals surface area contributed by atoms with Crippen LogP contribution < -0.4 is 0 Å². The molecule has 3 nitrogen and oxygen atoms in total. The Labute approximate surface area is 186 Å². The Morgan fingerprint density at radius 1 is 0.467 bits per heavy atom. The first-order valence-corrected chi connectivity index (χ1v) is 16.5. The third-order valence-electron chi connectivity index (χ3n) is 5.64. The smallest absolute Gasteiger partial charge is 0.265 e. The predicted molar refractivity (Wildman–Crippen MR) is 138 cm³/mol. The van der Waals surface area contributed by atoms with Gasteiger partial charge in [0.2, 0.25) is 0 Å². The van der Waals surface area contributed by atoms with Gasteiger partial charge in [-0.2, -0.15) is 0 Å². The molecule has 0 aliphatic heterocycles. The van der Waals surface area contributed by atoms with E-state index in [0.717, 1.165) is 12.8 Å². The highest BCUT2D eigenvalue weighted by atomic mass is 28.4. The monoisotopic (exact) mass is 456 g/mol. The zero-order chi connectivity index (χ0) is 22.8. The van der Waals surface area contributed by atoms with E-state index < -0.39 is 25.0 Å². The van der Waals surface area contributed by atoms with E-state index in [4.69, 9.17) is 13.3 Å². The molecule has 1 saturated carbocycles. The second kappa shape index (κ2) is 11.5. The highest BCUT2D eigenvalue weighted by Gasteiger charge is 2.42. The van der Waals surface area contributed by atoms with Crippen molar-refractivity contribution in [2.24, 2.45) is 0 Å². The molecular weight excluding hydrogens is 421 g/mol. The standard InChI is InChI=1S/C24H36O3Si3/c1-10-28(11-2,12-3)25-22-19-20-23(26-29(13-4,14-5)15-6)24(21-22)27-30(16-7,17-8)18-9/h10-18,22-24H,1-9,19-21H2. The van der Waals surface area contributed by atoms with Crippen LogP contribution in [0.25, 0.3) is 0 Å². The topological polar surface area (TPSA) is 27.7 Å². The average molecular weight is 457 g/mol. The van der Waals surface area contributed by atoms with Gasteiger partial charge in [0.1, 0.15) is 0 Å². The van der Waals surface area contributed by atoms with Crippen molar-refractivity contribution in [3.05, 3.63) is 111 Å². The molecule has 0 heterocycles. The summed E-state index contributed by atoms with van der Waals surface area (Å²) < 4.78 is 19.6. The SMILES string of the molecule is C=C[Si](C=C)(C=C)OC1CCC(O[Si](C=C)(C=C)C=C)C(O[Si](C=C)(C=C)C=C)C1. The predicted octanol–water partition coefficient (Wildman–Crippen LogP) is 5.69. The maximum atomic E-state index is 6.60. The molecule has 0 N–H and O–H groups in total. The van der Waals surface area contributed by atoms with E-state index in [9.17, 15) is 0 Å². The highest BCUT2D eigenvalue weighted by molar-refractivity contribution is 6.88. The van der Waals surface area contributed by atoms with Gasteiger partial charge in [-0.1, -0.05) is 51.3 Å². The molecule has 0 radical (unpaired) electrons. The summed E-state index contributed by atoms with van der Waals surface area (Å²) in [6, 6.07) is 0. The van der Waals surface area contributed by atoms with Gasteiger partial charge >= 0.3 is 0 Å². The molecule has 1 rings (SSSR count). The summed E-state index contributed by atoms with van der Waals surface area (Å²) in [7, 11) is -7.40. The van der Waals surface area contributed by atoms with Crippen LogP contribution in [0.3, 0.4) is 0 Å². The molecule has 0 spiro atoms. The van der Waals surface area contributed by atoms with Crippen molar-refractivity contribution in [3.63, 3.8) is 0 Å². The van der Waals surface area contributed by atoms with Crippen LogP contribution in [0.4, 0.5) is 0 Å². The fourth-order valence-electron chi connectivity index (χ4n) is 3.43. The minimum absolute atomic E-state index is 0.0195. The van der Waals surface area contributed by atoms with Crippen LogP contribution >= 0.6 is 0 Å². The fraction of sp³-hybridized carbons (Fsp3) is 0.250. The van der Waals surface area contributed by atoms with Crippen molar-refractivity contribution in [3.8, 4) is 0 Å². The summed E-state index contributed by atoms with van der Waals surface area (Å²) in [6.45, 7) is 35.5. The maximum Gasteiger partial charge on any atom is 0.265 e. The van der Waals surface area contributed by atoms with Crippen molar-refractivity contribution >= 4 is 25.0 Å². The van der Waals surface area contributed by atoms with Gasteiger partial charge in [-0.05, 0) is 19.3 Å². The quantitative estimate of drug-likeness (QED) is 0.296. The molecule has 1 aliphatic rings. The molecule has 3 unspecified atom stereocenters. The lowest BCUT2D eigenvalue weighted by atomic mass is 9.93. The molecule has 0 aromatic heterocycles. The summed E-state index contributed by atoms with van der Waals surface area (Å²) in [5, 5.41) is 0. The van der Waals surface area contributed by atoms with Crippen LogP contribution in [0, 0.1) is 0 Å². The summed E-state index contributed by atoms with van der Waals surface area (Å²) >= 11 is 0. The van der Waals surface area contributed by atoms with Crippen LogP contribution in [0.5, 0.6) is 0 Å². The Bertz CT molecular complexity index is 647. The molecule has 0 bridgehead atoms. The minimum Gasteiger partial charge on any atom is -0.402 e. The third-order valence-corrected chi connectivity index (χ3v) is 13.5. The average Bonchev–Trinajstić information content (AvgIpc) is 2.81. The number of hydrogen-bond donors (Lipinski definition) is 0. The van der Waals surface area contributed by atoms with Crippen molar-refractivity contribution in [1.82, 2.24) is 0 Å². The summed E-state index contributed by atoms with van der Waals surface area (Å²) in [4.78, 5) is 0. The van der Waals surface area contributed by atoms with Crippen molar-refractivity contribution in [2.75, 3.05) is 0 Å². The van der Waals surface area contributed by atoms with Crippen molar-refractivity contribution in [2.45, 2.75) is 37.6 Å². The molecular formula is C24H36O3Si3. The largest absolute Gasteiger partial charge is 0.402 e. The first-order chi connectivity index (χ1) is 14.3. The highest BCUT2D eigenvalue weighted by Crippen LogP contribution is 2.33.